The normalized spacial score (nSPS) is 12.1. The fraction of sp³-hybridized carbons (Fsp3) is 0.333. The zero-order valence-electron chi connectivity index (χ0n) is 23.5. The first-order chi connectivity index (χ1) is 19.5. The molecule has 1 unspecified atom stereocenters. The average molecular weight is 621 g/mol. The van der Waals surface area contributed by atoms with Gasteiger partial charge in [-0.05, 0) is 56.2 Å². The number of hydrogen-bond acceptors (Lipinski definition) is 5. The number of anilines is 1. The van der Waals surface area contributed by atoms with E-state index in [0.29, 0.717) is 27.9 Å². The van der Waals surface area contributed by atoms with E-state index in [2.05, 4.69) is 5.32 Å². The van der Waals surface area contributed by atoms with E-state index in [1.165, 1.54) is 17.0 Å². The number of benzene rings is 3. The third-order valence-electron chi connectivity index (χ3n) is 6.29. The monoisotopic (exact) mass is 619 g/mol. The van der Waals surface area contributed by atoms with Crippen molar-refractivity contribution in [2.24, 2.45) is 5.92 Å². The van der Waals surface area contributed by atoms with Crippen molar-refractivity contribution in [2.45, 2.75) is 45.2 Å². The van der Waals surface area contributed by atoms with Gasteiger partial charge in [-0.15, -0.1) is 0 Å². The molecule has 220 valence electrons. The molecule has 0 bridgehead atoms. The number of halogens is 2. The third kappa shape index (κ3) is 8.15. The Morgan fingerprint density at radius 2 is 1.51 bits per heavy atom. The molecule has 0 saturated heterocycles. The molecule has 0 aromatic heterocycles. The van der Waals surface area contributed by atoms with Crippen LogP contribution < -0.4 is 14.4 Å². The van der Waals surface area contributed by atoms with Crippen molar-refractivity contribution in [3.8, 4) is 5.75 Å². The van der Waals surface area contributed by atoms with Gasteiger partial charge in [0, 0.05) is 28.7 Å². The molecule has 3 aromatic carbocycles. The molecule has 41 heavy (non-hydrogen) atoms. The molecule has 0 radical (unpaired) electrons. The van der Waals surface area contributed by atoms with Crippen LogP contribution in [0.25, 0.3) is 0 Å². The number of carbonyl (C=O) groups excluding carboxylic acids is 2. The summed E-state index contributed by atoms with van der Waals surface area (Å²) in [5.41, 5.74) is 0.638. The standard InChI is InChI=1S/C30H35Cl2N3O5S/c1-5-40-28-17-10-9-16-27(28)35(41(38,39)23-12-7-6-8-13-23)20-29(36)34(22(4)30(37)33-18-21(2)3)19-24-25(31)14-11-15-26(24)32/h6-17,21-22H,5,18-20H2,1-4H3,(H,33,37). The van der Waals surface area contributed by atoms with E-state index < -0.39 is 28.5 Å². The lowest BCUT2D eigenvalue weighted by molar-refractivity contribution is -0.139. The molecule has 0 aliphatic heterocycles. The smallest absolute Gasteiger partial charge is 0.264 e. The first-order valence-corrected chi connectivity index (χ1v) is 15.5. The van der Waals surface area contributed by atoms with E-state index in [4.69, 9.17) is 27.9 Å². The number of rotatable bonds is 13. The van der Waals surface area contributed by atoms with Crippen LogP contribution in [-0.2, 0) is 26.2 Å². The summed E-state index contributed by atoms with van der Waals surface area (Å²) in [6.45, 7) is 7.26. The summed E-state index contributed by atoms with van der Waals surface area (Å²) in [6, 6.07) is 18.4. The second-order valence-corrected chi connectivity index (χ2v) is 12.4. The van der Waals surface area contributed by atoms with Crippen LogP contribution >= 0.6 is 23.2 Å². The van der Waals surface area contributed by atoms with Crippen LogP contribution in [0.4, 0.5) is 5.69 Å². The largest absolute Gasteiger partial charge is 0.492 e. The average Bonchev–Trinajstić information content (AvgIpc) is 2.95. The van der Waals surface area contributed by atoms with E-state index >= 15 is 0 Å². The molecule has 0 aliphatic rings. The molecule has 11 heteroatoms. The van der Waals surface area contributed by atoms with Gasteiger partial charge in [0.05, 0.1) is 17.2 Å². The van der Waals surface area contributed by atoms with Gasteiger partial charge in [0.25, 0.3) is 10.0 Å². The molecule has 1 atom stereocenters. The second kappa shape index (κ2) is 14.6. The summed E-state index contributed by atoms with van der Waals surface area (Å²) in [5, 5.41) is 3.49. The Kier molecular flexibility index (Phi) is 11.5. The summed E-state index contributed by atoms with van der Waals surface area (Å²) in [7, 11) is -4.23. The van der Waals surface area contributed by atoms with Gasteiger partial charge in [0.1, 0.15) is 18.3 Å². The van der Waals surface area contributed by atoms with Crippen LogP contribution in [-0.4, -0.2) is 50.9 Å². The Labute approximate surface area is 252 Å². The lowest BCUT2D eigenvalue weighted by atomic mass is 10.1. The van der Waals surface area contributed by atoms with Crippen molar-refractivity contribution in [1.82, 2.24) is 10.2 Å². The number of para-hydroxylation sites is 2. The van der Waals surface area contributed by atoms with E-state index in [1.54, 1.807) is 74.5 Å². The van der Waals surface area contributed by atoms with Gasteiger partial charge in [-0.2, -0.15) is 0 Å². The zero-order valence-corrected chi connectivity index (χ0v) is 25.8. The first kappa shape index (κ1) is 32.2. The number of nitrogens with zero attached hydrogens (tertiary/aromatic N) is 2. The molecule has 0 saturated carbocycles. The number of hydrogen-bond donors (Lipinski definition) is 1. The van der Waals surface area contributed by atoms with Crippen molar-refractivity contribution < 1.29 is 22.7 Å². The van der Waals surface area contributed by atoms with Crippen molar-refractivity contribution in [1.29, 1.82) is 0 Å². The predicted octanol–water partition coefficient (Wildman–Crippen LogP) is 5.78. The SMILES string of the molecule is CCOc1ccccc1N(CC(=O)N(Cc1c(Cl)cccc1Cl)C(C)C(=O)NCC(C)C)S(=O)(=O)c1ccccc1. The highest BCUT2D eigenvalue weighted by molar-refractivity contribution is 7.92. The Morgan fingerprint density at radius 3 is 2.12 bits per heavy atom. The summed E-state index contributed by atoms with van der Waals surface area (Å²) in [6.07, 6.45) is 0. The maximum absolute atomic E-state index is 14.1. The highest BCUT2D eigenvalue weighted by atomic mass is 35.5. The van der Waals surface area contributed by atoms with Crippen molar-refractivity contribution in [3.63, 3.8) is 0 Å². The molecule has 1 N–H and O–H groups in total. The quantitative estimate of drug-likeness (QED) is 0.262. The molecule has 0 fully saturated rings. The first-order valence-electron chi connectivity index (χ1n) is 13.3. The summed E-state index contributed by atoms with van der Waals surface area (Å²) in [4.78, 5) is 28.5. The Morgan fingerprint density at radius 1 is 0.902 bits per heavy atom. The Hall–Kier alpha value is -3.27. The van der Waals surface area contributed by atoms with Gasteiger partial charge in [0.15, 0.2) is 0 Å². The molecule has 0 aliphatic carbocycles. The van der Waals surface area contributed by atoms with E-state index in [1.807, 2.05) is 13.8 Å². The maximum Gasteiger partial charge on any atom is 0.264 e. The minimum absolute atomic E-state index is 0.00234. The highest BCUT2D eigenvalue weighted by Crippen LogP contribution is 2.33. The van der Waals surface area contributed by atoms with Crippen LogP contribution in [0.5, 0.6) is 5.75 Å². The summed E-state index contributed by atoms with van der Waals surface area (Å²) >= 11 is 12.9. The van der Waals surface area contributed by atoms with Gasteiger partial charge in [0.2, 0.25) is 11.8 Å². The molecule has 3 rings (SSSR count). The third-order valence-corrected chi connectivity index (χ3v) is 8.77. The van der Waals surface area contributed by atoms with E-state index in [9.17, 15) is 18.0 Å². The molecular weight excluding hydrogens is 585 g/mol. The van der Waals surface area contributed by atoms with E-state index in [0.717, 1.165) is 4.31 Å². The van der Waals surface area contributed by atoms with Crippen LogP contribution in [0.15, 0.2) is 77.7 Å². The maximum atomic E-state index is 14.1. The molecule has 3 aromatic rings. The topological polar surface area (TPSA) is 96.0 Å². The fourth-order valence-corrected chi connectivity index (χ4v) is 6.03. The molecule has 8 nitrogen and oxygen atoms in total. The van der Waals surface area contributed by atoms with Crippen LogP contribution in [0.1, 0.15) is 33.3 Å². The minimum atomic E-state index is -4.23. The molecule has 0 heterocycles. The summed E-state index contributed by atoms with van der Waals surface area (Å²) < 4.78 is 34.7. The van der Waals surface area contributed by atoms with Crippen molar-refractivity contribution in [3.05, 3.63) is 88.4 Å². The predicted molar refractivity (Wildman–Crippen MR) is 163 cm³/mol. The summed E-state index contributed by atoms with van der Waals surface area (Å²) in [5.74, 6) is -0.526. The van der Waals surface area contributed by atoms with Gasteiger partial charge in [-0.3, -0.25) is 13.9 Å². The van der Waals surface area contributed by atoms with E-state index in [-0.39, 0.29) is 35.6 Å². The Bertz CT molecular complexity index is 1430. The van der Waals surface area contributed by atoms with Gasteiger partial charge >= 0.3 is 0 Å². The van der Waals surface area contributed by atoms with Crippen LogP contribution in [0, 0.1) is 5.92 Å². The van der Waals surface area contributed by atoms with Crippen molar-refractivity contribution >= 4 is 50.7 Å². The lowest BCUT2D eigenvalue weighted by Crippen LogP contribution is -2.51. The minimum Gasteiger partial charge on any atom is -0.492 e. The van der Waals surface area contributed by atoms with Gasteiger partial charge in [-0.1, -0.05) is 73.4 Å². The molecular formula is C30H35Cl2N3O5S. The zero-order chi connectivity index (χ0) is 30.2. The number of carbonyl (C=O) groups is 2. The Balaban J connectivity index is 2.09. The highest BCUT2D eigenvalue weighted by Gasteiger charge is 2.34. The number of ether oxygens (including phenoxy) is 1. The fourth-order valence-electron chi connectivity index (χ4n) is 4.06. The van der Waals surface area contributed by atoms with Gasteiger partial charge < -0.3 is 15.0 Å². The van der Waals surface area contributed by atoms with Crippen molar-refractivity contribution in [2.75, 3.05) is 24.0 Å². The number of amides is 2. The van der Waals surface area contributed by atoms with Gasteiger partial charge in [-0.25, -0.2) is 8.42 Å². The number of nitrogens with one attached hydrogen (secondary N) is 1. The van der Waals surface area contributed by atoms with Crippen LogP contribution in [0.3, 0.4) is 0 Å². The molecule has 0 spiro atoms. The lowest BCUT2D eigenvalue weighted by Gasteiger charge is -2.33. The van der Waals surface area contributed by atoms with Crippen LogP contribution in [0.2, 0.25) is 10.0 Å². The number of sulfonamides is 1. The molecule has 2 amide bonds. The second-order valence-electron chi connectivity index (χ2n) is 9.76.